The van der Waals surface area contributed by atoms with Crippen LogP contribution in [0, 0.1) is 12.7 Å². The van der Waals surface area contributed by atoms with Crippen molar-refractivity contribution in [2.75, 3.05) is 14.2 Å². The summed E-state index contributed by atoms with van der Waals surface area (Å²) in [7, 11) is 3.52. The summed E-state index contributed by atoms with van der Waals surface area (Å²) < 4.78 is 18.7. The van der Waals surface area contributed by atoms with E-state index in [9.17, 15) is 4.39 Å². The molecule has 1 unspecified atom stereocenters. The van der Waals surface area contributed by atoms with Gasteiger partial charge < -0.3 is 10.1 Å². The standard InChI is InChI=1S/C13H20FNO/c1-9-6-7-10(14)8-11(9)12(15-4)13(2,3)16-5/h6-8,12,15H,1-5H3. The predicted octanol–water partition coefficient (Wildman–Crippen LogP) is 2.82. The van der Waals surface area contributed by atoms with Crippen LogP contribution in [0.4, 0.5) is 4.39 Å². The molecule has 0 heterocycles. The van der Waals surface area contributed by atoms with Crippen molar-refractivity contribution in [1.29, 1.82) is 0 Å². The highest BCUT2D eigenvalue weighted by Crippen LogP contribution is 2.30. The molecule has 3 heteroatoms. The predicted molar refractivity (Wildman–Crippen MR) is 64.0 cm³/mol. The molecular weight excluding hydrogens is 205 g/mol. The lowest BCUT2D eigenvalue weighted by Crippen LogP contribution is -2.39. The third kappa shape index (κ3) is 2.60. The van der Waals surface area contributed by atoms with Gasteiger partial charge in [0.2, 0.25) is 0 Å². The van der Waals surface area contributed by atoms with Crippen molar-refractivity contribution < 1.29 is 9.13 Å². The van der Waals surface area contributed by atoms with Crippen LogP contribution in [0.15, 0.2) is 18.2 Å². The molecule has 0 aliphatic heterocycles. The Labute approximate surface area is 96.8 Å². The topological polar surface area (TPSA) is 21.3 Å². The minimum absolute atomic E-state index is 0.0341. The Balaban J connectivity index is 3.18. The maximum atomic E-state index is 13.3. The molecule has 0 saturated carbocycles. The van der Waals surface area contributed by atoms with Gasteiger partial charge in [0.25, 0.3) is 0 Å². The van der Waals surface area contributed by atoms with E-state index in [2.05, 4.69) is 5.32 Å². The van der Waals surface area contributed by atoms with Crippen LogP contribution in [-0.2, 0) is 4.74 Å². The van der Waals surface area contributed by atoms with Crippen LogP contribution in [0.25, 0.3) is 0 Å². The third-order valence-corrected chi connectivity index (χ3v) is 3.06. The first kappa shape index (κ1) is 13.1. The van der Waals surface area contributed by atoms with Gasteiger partial charge in [-0.05, 0) is 51.1 Å². The Morgan fingerprint density at radius 1 is 1.38 bits per heavy atom. The van der Waals surface area contributed by atoms with Crippen LogP contribution in [0.2, 0.25) is 0 Å². The first-order valence-electron chi connectivity index (χ1n) is 5.41. The molecule has 0 aromatic heterocycles. The van der Waals surface area contributed by atoms with Gasteiger partial charge in [0.1, 0.15) is 5.82 Å². The van der Waals surface area contributed by atoms with Gasteiger partial charge in [0, 0.05) is 7.11 Å². The zero-order chi connectivity index (χ0) is 12.3. The number of nitrogens with one attached hydrogen (secondary N) is 1. The third-order valence-electron chi connectivity index (χ3n) is 3.06. The van der Waals surface area contributed by atoms with Gasteiger partial charge in [0.15, 0.2) is 0 Å². The fourth-order valence-corrected chi connectivity index (χ4v) is 1.92. The molecule has 0 amide bonds. The number of methoxy groups -OCH3 is 1. The Kier molecular flexibility index (Phi) is 4.05. The highest BCUT2D eigenvalue weighted by molar-refractivity contribution is 5.31. The normalized spacial score (nSPS) is 13.9. The highest BCUT2D eigenvalue weighted by Gasteiger charge is 2.30. The average molecular weight is 225 g/mol. The lowest BCUT2D eigenvalue weighted by atomic mass is 9.89. The molecule has 2 nitrogen and oxygen atoms in total. The van der Waals surface area contributed by atoms with Gasteiger partial charge in [-0.3, -0.25) is 0 Å². The van der Waals surface area contributed by atoms with E-state index in [1.165, 1.54) is 6.07 Å². The molecule has 1 atom stereocenters. The summed E-state index contributed by atoms with van der Waals surface area (Å²) >= 11 is 0. The SMILES string of the molecule is CNC(c1cc(F)ccc1C)C(C)(C)OC. The second kappa shape index (κ2) is 4.93. The van der Waals surface area contributed by atoms with Crippen LogP contribution in [0.5, 0.6) is 0 Å². The average Bonchev–Trinajstić information content (AvgIpc) is 2.24. The quantitative estimate of drug-likeness (QED) is 0.850. The van der Waals surface area contributed by atoms with Crippen LogP contribution in [0.3, 0.4) is 0 Å². The summed E-state index contributed by atoms with van der Waals surface area (Å²) in [6.45, 7) is 5.95. The molecule has 0 spiro atoms. The summed E-state index contributed by atoms with van der Waals surface area (Å²) in [4.78, 5) is 0. The van der Waals surface area contributed by atoms with Crippen molar-refractivity contribution in [3.05, 3.63) is 35.1 Å². The lowest BCUT2D eigenvalue weighted by molar-refractivity contribution is -0.00922. The van der Waals surface area contributed by atoms with E-state index in [0.717, 1.165) is 11.1 Å². The summed E-state index contributed by atoms with van der Waals surface area (Å²) in [6.07, 6.45) is 0. The zero-order valence-corrected chi connectivity index (χ0v) is 10.6. The first-order chi connectivity index (χ1) is 7.42. The minimum Gasteiger partial charge on any atom is -0.377 e. The largest absolute Gasteiger partial charge is 0.377 e. The summed E-state index contributed by atoms with van der Waals surface area (Å²) in [6, 6.07) is 4.80. The second-order valence-corrected chi connectivity index (χ2v) is 4.53. The molecular formula is C13H20FNO. The van der Waals surface area contributed by atoms with Crippen molar-refractivity contribution in [3.8, 4) is 0 Å². The number of benzene rings is 1. The van der Waals surface area contributed by atoms with Gasteiger partial charge in [-0.25, -0.2) is 4.39 Å². The molecule has 16 heavy (non-hydrogen) atoms. The smallest absolute Gasteiger partial charge is 0.123 e. The lowest BCUT2D eigenvalue weighted by Gasteiger charge is -2.34. The van der Waals surface area contributed by atoms with Gasteiger partial charge >= 0.3 is 0 Å². The molecule has 0 aliphatic carbocycles. The molecule has 1 N–H and O–H groups in total. The van der Waals surface area contributed by atoms with Crippen molar-refractivity contribution in [2.45, 2.75) is 32.4 Å². The van der Waals surface area contributed by atoms with Crippen LogP contribution in [-0.4, -0.2) is 19.8 Å². The molecule has 0 aliphatic rings. The van der Waals surface area contributed by atoms with Crippen molar-refractivity contribution >= 4 is 0 Å². The van der Waals surface area contributed by atoms with E-state index < -0.39 is 0 Å². The van der Waals surface area contributed by atoms with E-state index in [4.69, 9.17) is 4.74 Å². The molecule has 1 rings (SSSR count). The Hall–Kier alpha value is -0.930. The van der Waals surface area contributed by atoms with Crippen LogP contribution < -0.4 is 5.32 Å². The summed E-state index contributed by atoms with van der Waals surface area (Å²) in [5.41, 5.74) is 1.62. The van der Waals surface area contributed by atoms with Gasteiger partial charge in [0.05, 0.1) is 11.6 Å². The van der Waals surface area contributed by atoms with E-state index in [1.54, 1.807) is 19.2 Å². The number of rotatable bonds is 4. The molecule has 0 saturated heterocycles. The van der Waals surface area contributed by atoms with Crippen molar-refractivity contribution in [1.82, 2.24) is 5.32 Å². The van der Waals surface area contributed by atoms with Crippen molar-refractivity contribution in [2.24, 2.45) is 0 Å². The molecule has 0 bridgehead atoms. The number of hydrogen-bond donors (Lipinski definition) is 1. The van der Waals surface area contributed by atoms with E-state index >= 15 is 0 Å². The van der Waals surface area contributed by atoms with E-state index in [-0.39, 0.29) is 17.5 Å². The monoisotopic (exact) mass is 225 g/mol. The fraction of sp³-hybridized carbons (Fsp3) is 0.538. The van der Waals surface area contributed by atoms with Crippen LogP contribution >= 0.6 is 0 Å². The molecule has 0 fully saturated rings. The zero-order valence-electron chi connectivity index (χ0n) is 10.6. The maximum Gasteiger partial charge on any atom is 0.123 e. The number of ether oxygens (including phenoxy) is 1. The summed E-state index contributed by atoms with van der Waals surface area (Å²) in [5, 5.41) is 3.19. The molecule has 1 aromatic carbocycles. The Bertz CT molecular complexity index is 363. The maximum absolute atomic E-state index is 13.3. The van der Waals surface area contributed by atoms with Gasteiger partial charge in [-0.1, -0.05) is 6.07 Å². The summed E-state index contributed by atoms with van der Waals surface area (Å²) in [5.74, 6) is -0.215. The van der Waals surface area contributed by atoms with Crippen LogP contribution in [0.1, 0.15) is 31.0 Å². The molecule has 90 valence electrons. The molecule has 0 radical (unpaired) electrons. The second-order valence-electron chi connectivity index (χ2n) is 4.53. The van der Waals surface area contributed by atoms with Gasteiger partial charge in [-0.15, -0.1) is 0 Å². The van der Waals surface area contributed by atoms with E-state index in [1.807, 2.05) is 27.8 Å². The highest BCUT2D eigenvalue weighted by atomic mass is 19.1. The first-order valence-corrected chi connectivity index (χ1v) is 5.41. The fourth-order valence-electron chi connectivity index (χ4n) is 1.92. The number of hydrogen-bond acceptors (Lipinski definition) is 2. The van der Waals surface area contributed by atoms with E-state index in [0.29, 0.717) is 0 Å². The number of halogens is 1. The minimum atomic E-state index is -0.382. The molecule has 1 aromatic rings. The van der Waals surface area contributed by atoms with Crippen molar-refractivity contribution in [3.63, 3.8) is 0 Å². The Morgan fingerprint density at radius 3 is 2.50 bits per heavy atom. The Morgan fingerprint density at radius 2 is 2.00 bits per heavy atom. The number of aryl methyl sites for hydroxylation is 1. The number of likely N-dealkylation sites (N-methyl/N-ethyl adjacent to an activating group) is 1. The van der Waals surface area contributed by atoms with Gasteiger partial charge in [-0.2, -0.15) is 0 Å².